The van der Waals surface area contributed by atoms with Gasteiger partial charge in [-0.25, -0.2) is 4.98 Å². The van der Waals surface area contributed by atoms with Crippen LogP contribution in [0.1, 0.15) is 39.7 Å². The molecule has 142 valence electrons. The van der Waals surface area contributed by atoms with Crippen molar-refractivity contribution < 1.29 is 4.42 Å². The highest BCUT2D eigenvalue weighted by atomic mass is 16.4. The molecule has 0 atom stereocenters. The lowest BCUT2D eigenvalue weighted by atomic mass is 10.1. The summed E-state index contributed by atoms with van der Waals surface area (Å²) in [7, 11) is 0. The zero-order valence-corrected chi connectivity index (χ0v) is 16.5. The number of hydrogen-bond acceptors (Lipinski definition) is 5. The third-order valence-electron chi connectivity index (χ3n) is 5.11. The van der Waals surface area contributed by atoms with Gasteiger partial charge in [0.15, 0.2) is 0 Å². The van der Waals surface area contributed by atoms with Crippen LogP contribution in [0, 0.1) is 50.4 Å². The van der Waals surface area contributed by atoms with Crippen LogP contribution in [0.15, 0.2) is 28.9 Å². The second-order valence-corrected chi connectivity index (χ2v) is 6.89. The molecule has 0 aliphatic carbocycles. The molecule has 0 saturated heterocycles. The smallest absolute Gasteiger partial charge is 0.222 e. The number of nitrogens with one attached hydrogen (secondary N) is 1. The number of imidazole rings is 1. The van der Waals surface area contributed by atoms with Crippen LogP contribution >= 0.6 is 0 Å². The van der Waals surface area contributed by atoms with Crippen molar-refractivity contribution in [1.82, 2.24) is 19.5 Å². The molecule has 7 nitrogen and oxygen atoms in total. The van der Waals surface area contributed by atoms with E-state index in [1.807, 2.05) is 38.3 Å². The molecule has 0 aliphatic heterocycles. The van der Waals surface area contributed by atoms with E-state index in [-0.39, 0.29) is 0 Å². The Kier molecular flexibility index (Phi) is 4.29. The molecule has 0 fully saturated rings. The fourth-order valence-electron chi connectivity index (χ4n) is 3.44. The molecular weight excluding hydrogens is 364 g/mol. The molecule has 0 saturated carbocycles. The fraction of sp³-hybridized carbons (Fsp3) is 0.182. The van der Waals surface area contributed by atoms with E-state index in [0.29, 0.717) is 22.8 Å². The summed E-state index contributed by atoms with van der Waals surface area (Å²) in [6.07, 6.45) is 5.13. The average Bonchev–Trinajstić information content (AvgIpc) is 3.34. The maximum absolute atomic E-state index is 9.71. The lowest BCUT2D eigenvalue weighted by molar-refractivity contribution is 0.503. The van der Waals surface area contributed by atoms with E-state index >= 15 is 0 Å². The largest absolute Gasteiger partial charge is 0.443 e. The third kappa shape index (κ3) is 2.90. The molecule has 1 N–H and O–H groups in total. The first-order valence-electron chi connectivity index (χ1n) is 9.06. The summed E-state index contributed by atoms with van der Waals surface area (Å²) in [6, 6.07) is 8.21. The Balaban J connectivity index is 1.85. The number of pyridine rings is 1. The number of aromatic nitrogens is 4. The van der Waals surface area contributed by atoms with Gasteiger partial charge in [-0.15, -0.1) is 0 Å². The average molecular weight is 382 g/mol. The predicted molar refractivity (Wildman–Crippen MR) is 109 cm³/mol. The minimum atomic E-state index is 0.411. The molecule has 4 heterocycles. The number of H-pyrrole nitrogens is 1. The van der Waals surface area contributed by atoms with Crippen molar-refractivity contribution in [2.75, 3.05) is 0 Å². The molecule has 4 rings (SSSR count). The van der Waals surface area contributed by atoms with E-state index in [4.69, 9.17) is 4.42 Å². The Bertz CT molecular complexity index is 1330. The van der Waals surface area contributed by atoms with E-state index in [9.17, 15) is 10.5 Å². The molecule has 0 amide bonds. The molecule has 29 heavy (non-hydrogen) atoms. The van der Waals surface area contributed by atoms with Crippen molar-refractivity contribution in [2.45, 2.75) is 27.7 Å². The van der Waals surface area contributed by atoms with Crippen LogP contribution in [0.4, 0.5) is 0 Å². The lowest BCUT2D eigenvalue weighted by Crippen LogP contribution is -2.00. The Hall–Kier alpha value is -4.10. The number of nitrogens with zero attached hydrogens (tertiary/aromatic N) is 5. The fourth-order valence-corrected chi connectivity index (χ4v) is 3.44. The second kappa shape index (κ2) is 6.81. The van der Waals surface area contributed by atoms with Gasteiger partial charge in [0, 0.05) is 23.1 Å². The van der Waals surface area contributed by atoms with Crippen LogP contribution in [0.5, 0.6) is 0 Å². The molecule has 4 aromatic heterocycles. The highest BCUT2D eigenvalue weighted by molar-refractivity contribution is 5.90. The number of aromatic amines is 1. The van der Waals surface area contributed by atoms with Crippen molar-refractivity contribution in [2.24, 2.45) is 0 Å². The number of furan rings is 1. The van der Waals surface area contributed by atoms with Gasteiger partial charge in [0.1, 0.15) is 29.3 Å². The first-order chi connectivity index (χ1) is 13.9. The summed E-state index contributed by atoms with van der Waals surface area (Å²) in [5.74, 6) is 1.71. The van der Waals surface area contributed by atoms with Crippen molar-refractivity contribution in [3.05, 3.63) is 64.2 Å². The molecule has 4 aromatic rings. The highest BCUT2D eigenvalue weighted by Gasteiger charge is 2.20. The topological polar surface area (TPSA) is 107 Å². The molecular formula is C22H18N6O. The van der Waals surface area contributed by atoms with Gasteiger partial charge in [-0.1, -0.05) is 0 Å². The number of aryl methyl sites for hydroxylation is 2. The normalized spacial score (nSPS) is 11.6. The van der Waals surface area contributed by atoms with Gasteiger partial charge in [0.05, 0.1) is 22.8 Å². The molecule has 0 bridgehead atoms. The van der Waals surface area contributed by atoms with Gasteiger partial charge in [-0.3, -0.25) is 9.55 Å². The molecule has 0 unspecified atom stereocenters. The lowest BCUT2D eigenvalue weighted by Gasteiger charge is -2.06. The number of nitriles is 2. The monoisotopic (exact) mass is 382 g/mol. The summed E-state index contributed by atoms with van der Waals surface area (Å²) < 4.78 is 7.79. The summed E-state index contributed by atoms with van der Waals surface area (Å²) in [5.41, 5.74) is 5.92. The Morgan fingerprint density at radius 1 is 1.24 bits per heavy atom. The number of fused-ring (bicyclic) bond motifs is 1. The van der Waals surface area contributed by atoms with Gasteiger partial charge < -0.3 is 9.40 Å². The Morgan fingerprint density at radius 2 is 2.03 bits per heavy atom. The predicted octanol–water partition coefficient (Wildman–Crippen LogP) is 4.51. The van der Waals surface area contributed by atoms with Gasteiger partial charge in [-0.05, 0) is 51.5 Å². The maximum atomic E-state index is 9.71. The summed E-state index contributed by atoms with van der Waals surface area (Å²) in [4.78, 5) is 11.7. The highest BCUT2D eigenvalue weighted by Crippen LogP contribution is 2.30. The minimum absolute atomic E-state index is 0.411. The van der Waals surface area contributed by atoms with Crippen molar-refractivity contribution in [3.8, 4) is 18.0 Å². The third-order valence-corrected chi connectivity index (χ3v) is 5.11. The summed E-state index contributed by atoms with van der Waals surface area (Å²) in [5, 5.41) is 19.3. The van der Waals surface area contributed by atoms with Crippen LogP contribution in [-0.4, -0.2) is 19.5 Å². The SMILES string of the molecule is Cc1oc(-n2c(C)cc(C=C(C#N)c3nc4ccncc4[nH]3)c2C)c(C#N)c1C. The Morgan fingerprint density at radius 3 is 2.72 bits per heavy atom. The van der Waals surface area contributed by atoms with Crippen LogP contribution in [0.3, 0.4) is 0 Å². The molecule has 0 aliphatic rings. The van der Waals surface area contributed by atoms with E-state index in [1.54, 1.807) is 24.5 Å². The van der Waals surface area contributed by atoms with Crippen molar-refractivity contribution >= 4 is 22.7 Å². The molecule has 7 heteroatoms. The molecule has 0 radical (unpaired) electrons. The number of rotatable bonds is 3. The van der Waals surface area contributed by atoms with Crippen LogP contribution in [0.25, 0.3) is 28.6 Å². The van der Waals surface area contributed by atoms with E-state index < -0.39 is 0 Å². The Labute approximate surface area is 167 Å². The van der Waals surface area contributed by atoms with Crippen LogP contribution < -0.4 is 0 Å². The second-order valence-electron chi connectivity index (χ2n) is 6.89. The van der Waals surface area contributed by atoms with Crippen LogP contribution in [-0.2, 0) is 0 Å². The zero-order valence-electron chi connectivity index (χ0n) is 16.5. The first-order valence-corrected chi connectivity index (χ1v) is 9.06. The van der Waals surface area contributed by atoms with Gasteiger partial charge in [0.25, 0.3) is 0 Å². The van der Waals surface area contributed by atoms with Crippen molar-refractivity contribution in [3.63, 3.8) is 0 Å². The minimum Gasteiger partial charge on any atom is -0.443 e. The molecule has 0 aromatic carbocycles. The van der Waals surface area contributed by atoms with Gasteiger partial charge >= 0.3 is 0 Å². The van der Waals surface area contributed by atoms with Gasteiger partial charge in [0.2, 0.25) is 5.88 Å². The quantitative estimate of drug-likeness (QED) is 0.525. The zero-order chi connectivity index (χ0) is 20.7. The summed E-state index contributed by atoms with van der Waals surface area (Å²) >= 11 is 0. The van der Waals surface area contributed by atoms with Gasteiger partial charge in [-0.2, -0.15) is 10.5 Å². The van der Waals surface area contributed by atoms with Crippen LogP contribution in [0.2, 0.25) is 0 Å². The van der Waals surface area contributed by atoms with Crippen molar-refractivity contribution in [1.29, 1.82) is 10.5 Å². The van der Waals surface area contributed by atoms with E-state index in [1.165, 1.54) is 0 Å². The maximum Gasteiger partial charge on any atom is 0.222 e. The number of allylic oxidation sites excluding steroid dienone is 1. The summed E-state index contributed by atoms with van der Waals surface area (Å²) in [6.45, 7) is 7.60. The van der Waals surface area contributed by atoms with E-state index in [2.05, 4.69) is 27.1 Å². The standard InChI is InChI=1S/C22H18N6O/c1-12-7-16(14(3)28(12)22-18(10-24)13(2)15(4)29-22)8-17(9-23)21-26-19-5-6-25-11-20(19)27-21/h5-8,11H,1-4H3,(H,26,27). The van der Waals surface area contributed by atoms with E-state index in [0.717, 1.165) is 39.3 Å². The molecule has 0 spiro atoms. The first kappa shape index (κ1) is 18.3. The number of hydrogen-bond donors (Lipinski definition) is 1.